The van der Waals surface area contributed by atoms with Crippen LogP contribution in [0.1, 0.15) is 0 Å². The van der Waals surface area contributed by atoms with Gasteiger partial charge < -0.3 is 10.0 Å². The van der Waals surface area contributed by atoms with Gasteiger partial charge >= 0.3 is 0 Å². The molecule has 0 radical (unpaired) electrons. The summed E-state index contributed by atoms with van der Waals surface area (Å²) < 4.78 is 23.1. The zero-order valence-corrected chi connectivity index (χ0v) is 11.5. The molecule has 3 N–H and O–H groups in total. The Balaban J connectivity index is 2.16. The molecule has 0 bridgehead atoms. The van der Waals surface area contributed by atoms with Gasteiger partial charge in [-0.2, -0.15) is 0 Å². The van der Waals surface area contributed by atoms with Crippen LogP contribution in [0.5, 0.6) is 0 Å². The number of hydrogen-bond acceptors (Lipinski definition) is 5. The van der Waals surface area contributed by atoms with Crippen molar-refractivity contribution in [3.05, 3.63) is 24.3 Å². The minimum Gasteiger partial charge on any atom is -0.395 e. The number of piperazine rings is 1. The molecule has 7 heteroatoms. The Hall–Kier alpha value is -1.15. The number of β-amino-alcohol motifs (C(OH)–C–C–N with tert-alkyl or cyclic N) is 1. The van der Waals surface area contributed by atoms with Crippen molar-refractivity contribution >= 4 is 15.7 Å². The molecule has 0 spiro atoms. The van der Waals surface area contributed by atoms with Crippen LogP contribution in [0.15, 0.2) is 29.2 Å². The van der Waals surface area contributed by atoms with Crippen molar-refractivity contribution in [1.82, 2.24) is 4.90 Å². The van der Waals surface area contributed by atoms with E-state index in [-0.39, 0.29) is 11.5 Å². The van der Waals surface area contributed by atoms with Crippen molar-refractivity contribution in [2.75, 3.05) is 44.2 Å². The first-order valence-electron chi connectivity index (χ1n) is 6.22. The molecule has 1 aromatic carbocycles. The molecule has 0 aliphatic carbocycles. The Bertz CT molecular complexity index is 525. The molecule has 0 unspecified atom stereocenters. The molecule has 0 atom stereocenters. The molecule has 1 aliphatic rings. The largest absolute Gasteiger partial charge is 0.395 e. The molecule has 1 heterocycles. The van der Waals surface area contributed by atoms with Crippen molar-refractivity contribution in [1.29, 1.82) is 0 Å². The Morgan fingerprint density at radius 1 is 1.16 bits per heavy atom. The summed E-state index contributed by atoms with van der Waals surface area (Å²) in [6, 6.07) is 6.79. The predicted octanol–water partition coefficient (Wildman–Crippen LogP) is -0.552. The molecule has 2 rings (SSSR count). The third-order valence-corrected chi connectivity index (χ3v) is 4.26. The standard InChI is InChI=1S/C12H19N3O3S/c13-19(17,18)12-4-2-1-3-11(12)15-7-5-14(6-8-15)9-10-16/h1-4,16H,5-10H2,(H2,13,17,18). The first-order valence-corrected chi connectivity index (χ1v) is 7.77. The van der Waals surface area contributed by atoms with Crippen molar-refractivity contribution in [2.45, 2.75) is 4.90 Å². The number of benzene rings is 1. The lowest BCUT2D eigenvalue weighted by atomic mass is 10.2. The number of rotatable bonds is 4. The maximum atomic E-state index is 11.6. The lowest BCUT2D eigenvalue weighted by molar-refractivity contribution is 0.188. The number of anilines is 1. The van der Waals surface area contributed by atoms with E-state index in [1.54, 1.807) is 12.1 Å². The summed E-state index contributed by atoms with van der Waals surface area (Å²) in [4.78, 5) is 4.34. The Morgan fingerprint density at radius 3 is 2.37 bits per heavy atom. The summed E-state index contributed by atoms with van der Waals surface area (Å²) in [5.74, 6) is 0. The molecule has 1 aromatic rings. The smallest absolute Gasteiger partial charge is 0.240 e. The average molecular weight is 285 g/mol. The number of primary sulfonamides is 1. The molecule has 1 fully saturated rings. The van der Waals surface area contributed by atoms with Crippen molar-refractivity contribution in [2.24, 2.45) is 5.14 Å². The van der Waals surface area contributed by atoms with E-state index in [9.17, 15) is 8.42 Å². The summed E-state index contributed by atoms with van der Waals surface area (Å²) in [5.41, 5.74) is 0.661. The third kappa shape index (κ3) is 3.44. The zero-order chi connectivity index (χ0) is 13.9. The van der Waals surface area contributed by atoms with E-state index in [0.717, 1.165) is 26.2 Å². The summed E-state index contributed by atoms with van der Waals surface area (Å²) in [6.07, 6.45) is 0. The molecular weight excluding hydrogens is 266 g/mol. The molecule has 106 valence electrons. The van der Waals surface area contributed by atoms with Crippen molar-refractivity contribution in [3.8, 4) is 0 Å². The van der Waals surface area contributed by atoms with E-state index >= 15 is 0 Å². The molecular formula is C12H19N3O3S. The van der Waals surface area contributed by atoms with Gasteiger partial charge in [0.2, 0.25) is 10.0 Å². The van der Waals surface area contributed by atoms with Gasteiger partial charge in [-0.3, -0.25) is 4.90 Å². The van der Waals surface area contributed by atoms with Gasteiger partial charge in [0.15, 0.2) is 0 Å². The number of aliphatic hydroxyl groups excluding tert-OH is 1. The van der Waals surface area contributed by atoms with E-state index < -0.39 is 10.0 Å². The second-order valence-electron chi connectivity index (χ2n) is 4.57. The van der Waals surface area contributed by atoms with Crippen LogP contribution in [-0.2, 0) is 10.0 Å². The molecule has 0 aromatic heterocycles. The van der Waals surface area contributed by atoms with Gasteiger partial charge in [-0.15, -0.1) is 0 Å². The monoisotopic (exact) mass is 285 g/mol. The highest BCUT2D eigenvalue weighted by Gasteiger charge is 2.22. The van der Waals surface area contributed by atoms with E-state index in [2.05, 4.69) is 4.90 Å². The van der Waals surface area contributed by atoms with Gasteiger partial charge in [0.25, 0.3) is 0 Å². The van der Waals surface area contributed by atoms with E-state index in [1.165, 1.54) is 6.07 Å². The molecule has 0 amide bonds. The van der Waals surface area contributed by atoms with Crippen molar-refractivity contribution < 1.29 is 13.5 Å². The maximum Gasteiger partial charge on any atom is 0.240 e. The van der Waals surface area contributed by atoms with Gasteiger partial charge in [-0.1, -0.05) is 12.1 Å². The van der Waals surface area contributed by atoms with E-state index in [4.69, 9.17) is 10.2 Å². The van der Waals surface area contributed by atoms with E-state index in [0.29, 0.717) is 12.2 Å². The van der Waals surface area contributed by atoms with E-state index in [1.807, 2.05) is 11.0 Å². The number of para-hydroxylation sites is 1. The summed E-state index contributed by atoms with van der Waals surface area (Å²) in [7, 11) is -3.70. The van der Waals surface area contributed by atoms with Crippen LogP contribution in [0.4, 0.5) is 5.69 Å². The van der Waals surface area contributed by atoms with Crippen LogP contribution < -0.4 is 10.0 Å². The summed E-state index contributed by atoms with van der Waals surface area (Å²) in [6.45, 7) is 3.87. The number of nitrogens with zero attached hydrogens (tertiary/aromatic N) is 2. The van der Waals surface area contributed by atoms with Crippen LogP contribution >= 0.6 is 0 Å². The van der Waals surface area contributed by atoms with Gasteiger partial charge in [0, 0.05) is 32.7 Å². The minimum absolute atomic E-state index is 0.147. The summed E-state index contributed by atoms with van der Waals surface area (Å²) in [5, 5.41) is 14.1. The number of sulfonamides is 1. The molecule has 6 nitrogen and oxygen atoms in total. The Morgan fingerprint density at radius 2 is 1.79 bits per heavy atom. The minimum atomic E-state index is -3.70. The van der Waals surface area contributed by atoms with Crippen LogP contribution in [-0.4, -0.2) is 57.8 Å². The third-order valence-electron chi connectivity index (χ3n) is 3.30. The second-order valence-corrected chi connectivity index (χ2v) is 6.09. The molecule has 1 saturated heterocycles. The highest BCUT2D eigenvalue weighted by Crippen LogP contribution is 2.24. The van der Waals surface area contributed by atoms with Gasteiger partial charge in [-0.05, 0) is 12.1 Å². The first-order chi connectivity index (χ1) is 9.02. The normalized spacial score (nSPS) is 17.7. The Kier molecular flexibility index (Phi) is 4.41. The number of aliphatic hydroxyl groups is 1. The van der Waals surface area contributed by atoms with Crippen molar-refractivity contribution in [3.63, 3.8) is 0 Å². The maximum absolute atomic E-state index is 11.6. The molecule has 19 heavy (non-hydrogen) atoms. The predicted molar refractivity (Wildman–Crippen MR) is 73.6 cm³/mol. The second kappa shape index (κ2) is 5.87. The number of hydrogen-bond donors (Lipinski definition) is 2. The fourth-order valence-corrected chi connectivity index (χ4v) is 3.07. The lowest BCUT2D eigenvalue weighted by Gasteiger charge is -2.36. The first kappa shape index (κ1) is 14.3. The van der Waals surface area contributed by atoms with Crippen LogP contribution in [0.2, 0.25) is 0 Å². The highest BCUT2D eigenvalue weighted by atomic mass is 32.2. The number of nitrogens with two attached hydrogens (primary N) is 1. The lowest BCUT2D eigenvalue weighted by Crippen LogP contribution is -2.47. The fraction of sp³-hybridized carbons (Fsp3) is 0.500. The molecule has 1 aliphatic heterocycles. The quantitative estimate of drug-likeness (QED) is 0.775. The summed E-state index contributed by atoms with van der Waals surface area (Å²) >= 11 is 0. The average Bonchev–Trinajstić information content (AvgIpc) is 2.39. The van der Waals surface area contributed by atoms with Gasteiger partial charge in [0.1, 0.15) is 4.90 Å². The highest BCUT2D eigenvalue weighted by molar-refractivity contribution is 7.89. The van der Waals surface area contributed by atoms with Gasteiger partial charge in [0.05, 0.1) is 12.3 Å². The SMILES string of the molecule is NS(=O)(=O)c1ccccc1N1CCN(CCO)CC1. The zero-order valence-electron chi connectivity index (χ0n) is 10.7. The fourth-order valence-electron chi connectivity index (χ4n) is 2.31. The van der Waals surface area contributed by atoms with Crippen LogP contribution in [0.25, 0.3) is 0 Å². The molecule has 0 saturated carbocycles. The Labute approximate surface area is 113 Å². The topological polar surface area (TPSA) is 86.9 Å². The van der Waals surface area contributed by atoms with Gasteiger partial charge in [-0.25, -0.2) is 13.6 Å². The van der Waals surface area contributed by atoms with Crippen LogP contribution in [0.3, 0.4) is 0 Å². The van der Waals surface area contributed by atoms with Crippen LogP contribution in [0, 0.1) is 0 Å².